The smallest absolute Gasteiger partial charge is 0.462 e. The van der Waals surface area contributed by atoms with E-state index < -0.39 is 75.7 Å². The Labute approximate surface area is 353 Å². The Kier molecular flexibility index (Phi) is 32.2. The molecule has 0 aromatic carbocycles. The summed E-state index contributed by atoms with van der Waals surface area (Å²) in [6.07, 6.45) is 29.7. The predicted molar refractivity (Wildman–Crippen MR) is 230 cm³/mol. The summed E-state index contributed by atoms with van der Waals surface area (Å²) in [6.45, 7) is 3.07. The van der Waals surface area contributed by atoms with Gasteiger partial charge >= 0.3 is 19.8 Å². The molecule has 0 amide bonds. The molecular formula is C45H75O13P. The monoisotopic (exact) mass is 854 g/mol. The number of carbonyl (C=O) groups excluding carboxylic acids is 2. The number of rotatable bonds is 34. The van der Waals surface area contributed by atoms with Crippen LogP contribution in [-0.2, 0) is 32.7 Å². The summed E-state index contributed by atoms with van der Waals surface area (Å²) in [5.41, 5.74) is 0. The molecule has 0 aromatic rings. The molecule has 0 radical (unpaired) electrons. The maximum absolute atomic E-state index is 12.8. The number of allylic oxidation sites excluding steroid dienone is 12. The Hall–Kier alpha value is -2.71. The van der Waals surface area contributed by atoms with Crippen molar-refractivity contribution in [3.63, 3.8) is 0 Å². The molecule has 1 saturated carbocycles. The van der Waals surface area contributed by atoms with Crippen LogP contribution in [0.25, 0.3) is 0 Å². The summed E-state index contributed by atoms with van der Waals surface area (Å²) >= 11 is 0. The Morgan fingerprint density at radius 2 is 1.05 bits per heavy atom. The van der Waals surface area contributed by atoms with E-state index in [2.05, 4.69) is 50.3 Å². The summed E-state index contributed by atoms with van der Waals surface area (Å²) in [5, 5.41) is 50.0. The maximum atomic E-state index is 12.8. The highest BCUT2D eigenvalue weighted by atomic mass is 31.2. The number of phosphoric acid groups is 1. The fourth-order valence-electron chi connectivity index (χ4n) is 6.07. The lowest BCUT2D eigenvalue weighted by Crippen LogP contribution is -2.64. The second-order valence-electron chi connectivity index (χ2n) is 14.9. The minimum Gasteiger partial charge on any atom is -0.462 e. The van der Waals surface area contributed by atoms with Gasteiger partial charge in [0, 0.05) is 12.8 Å². The van der Waals surface area contributed by atoms with Crippen molar-refractivity contribution < 1.29 is 63.1 Å². The molecule has 13 nitrogen and oxygen atoms in total. The predicted octanol–water partition coefficient (Wildman–Crippen LogP) is 7.94. The van der Waals surface area contributed by atoms with Gasteiger partial charge in [0.15, 0.2) is 6.10 Å². The number of unbranched alkanes of at least 4 members (excludes halogenated alkanes) is 12. The minimum atomic E-state index is -5.14. The first kappa shape index (κ1) is 54.3. The quantitative estimate of drug-likeness (QED) is 0.0120. The van der Waals surface area contributed by atoms with Crippen molar-refractivity contribution in [2.45, 2.75) is 185 Å². The molecule has 1 rings (SSSR count). The number of phosphoric ester groups is 1. The van der Waals surface area contributed by atoms with E-state index in [4.69, 9.17) is 18.5 Å². The molecule has 0 aliphatic heterocycles. The molecule has 0 saturated heterocycles. The van der Waals surface area contributed by atoms with E-state index >= 15 is 0 Å². The number of esters is 2. The molecule has 14 heteroatoms. The molecule has 1 aliphatic rings. The van der Waals surface area contributed by atoms with Crippen LogP contribution in [0.3, 0.4) is 0 Å². The molecule has 1 aliphatic carbocycles. The zero-order valence-electron chi connectivity index (χ0n) is 35.5. The average Bonchev–Trinajstić information content (AvgIpc) is 3.21. The summed E-state index contributed by atoms with van der Waals surface area (Å²) in [4.78, 5) is 35.6. The third kappa shape index (κ3) is 27.7. The van der Waals surface area contributed by atoms with Crippen molar-refractivity contribution in [3.8, 4) is 0 Å². The van der Waals surface area contributed by atoms with Gasteiger partial charge in [0.05, 0.1) is 6.61 Å². The van der Waals surface area contributed by atoms with Crippen LogP contribution in [0.1, 0.15) is 142 Å². The second kappa shape index (κ2) is 34.9. The summed E-state index contributed by atoms with van der Waals surface area (Å²) in [6, 6.07) is 0. The van der Waals surface area contributed by atoms with Crippen molar-refractivity contribution in [2.24, 2.45) is 0 Å². The molecule has 0 aromatic heterocycles. The van der Waals surface area contributed by atoms with Crippen LogP contribution >= 0.6 is 7.82 Å². The number of carbonyl (C=O) groups is 2. The third-order valence-corrected chi connectivity index (χ3v) is 10.6. The van der Waals surface area contributed by atoms with Crippen LogP contribution in [0.15, 0.2) is 72.9 Å². The van der Waals surface area contributed by atoms with Crippen LogP contribution < -0.4 is 0 Å². The molecule has 338 valence electrons. The maximum Gasteiger partial charge on any atom is 0.472 e. The van der Waals surface area contributed by atoms with Crippen molar-refractivity contribution in [2.75, 3.05) is 13.2 Å². The topological polar surface area (TPSA) is 210 Å². The van der Waals surface area contributed by atoms with E-state index in [1.54, 1.807) is 0 Å². The Morgan fingerprint density at radius 1 is 0.559 bits per heavy atom. The van der Waals surface area contributed by atoms with E-state index in [0.717, 1.165) is 57.8 Å². The largest absolute Gasteiger partial charge is 0.472 e. The standard InChI is InChI=1S/C45H75O13P/c1-3-5-7-9-11-13-15-17-18-19-20-22-23-25-27-29-31-33-38(46)55-35-37(36-56-59(53,54)58-45-43(51)41(49)40(48)42(50)44(45)52)57-39(47)34-32-30-28-26-24-21-16-14-12-10-8-6-4-2/h6,8,10,12,14,16-18,20,22,25,27,37,40-45,48-52H,3-5,7,9,11,13,15,19,21,23-24,26,28-36H2,1-2H3,(H,53,54)/b8-6+,12-10+,16-14+,18-17+,22-20+,27-25+/t37?,40?,41-,42?,43?,44?,45?/m0/s1. The Bertz CT molecular complexity index is 1310. The molecular weight excluding hydrogens is 779 g/mol. The van der Waals surface area contributed by atoms with Gasteiger partial charge in [-0.15, -0.1) is 0 Å². The van der Waals surface area contributed by atoms with Crippen molar-refractivity contribution >= 4 is 19.8 Å². The summed E-state index contributed by atoms with van der Waals surface area (Å²) in [5.74, 6) is -1.19. The van der Waals surface area contributed by atoms with Crippen molar-refractivity contribution in [1.82, 2.24) is 0 Å². The number of hydrogen-bond acceptors (Lipinski definition) is 12. The minimum absolute atomic E-state index is 0.0593. The van der Waals surface area contributed by atoms with Gasteiger partial charge in [-0.05, 0) is 64.2 Å². The van der Waals surface area contributed by atoms with Crippen LogP contribution in [0.4, 0.5) is 0 Å². The van der Waals surface area contributed by atoms with Crippen LogP contribution in [-0.4, -0.2) is 98.3 Å². The van der Waals surface area contributed by atoms with E-state index in [9.17, 15) is 44.6 Å². The fraction of sp³-hybridized carbons (Fsp3) is 0.689. The third-order valence-electron chi connectivity index (χ3n) is 9.59. The number of aliphatic hydroxyl groups excluding tert-OH is 5. The van der Waals surface area contributed by atoms with Gasteiger partial charge in [0.25, 0.3) is 0 Å². The SMILES string of the molecule is CC/C=C/C=C/C=C/CCCCCCCC(=O)OC(COC(=O)CCC/C=C/C/C=C/C/C=C/CCCCCCCC)COP(=O)(O)OC1C(O)C(O)C(O)[C@H](O)C1O. The first-order chi connectivity index (χ1) is 28.4. The van der Waals surface area contributed by atoms with Crippen LogP contribution in [0, 0.1) is 0 Å². The van der Waals surface area contributed by atoms with E-state index in [0.29, 0.717) is 19.3 Å². The molecule has 6 N–H and O–H groups in total. The van der Waals surface area contributed by atoms with Crippen molar-refractivity contribution in [1.29, 1.82) is 0 Å². The first-order valence-electron chi connectivity index (χ1n) is 21.8. The highest BCUT2D eigenvalue weighted by Gasteiger charge is 2.51. The summed E-state index contributed by atoms with van der Waals surface area (Å²) in [7, 11) is -5.14. The lowest BCUT2D eigenvalue weighted by atomic mass is 9.85. The lowest BCUT2D eigenvalue weighted by molar-refractivity contribution is -0.220. The number of ether oxygens (including phenoxy) is 2. The van der Waals surface area contributed by atoms with Crippen molar-refractivity contribution in [3.05, 3.63) is 72.9 Å². The van der Waals surface area contributed by atoms with Gasteiger partial charge in [-0.2, -0.15) is 0 Å². The molecule has 8 atom stereocenters. The van der Waals surface area contributed by atoms with Gasteiger partial charge in [0.2, 0.25) is 0 Å². The van der Waals surface area contributed by atoms with Crippen LogP contribution in [0.2, 0.25) is 0 Å². The van der Waals surface area contributed by atoms with Crippen LogP contribution in [0.5, 0.6) is 0 Å². The molecule has 1 fully saturated rings. The Balaban J connectivity index is 2.54. The molecule has 0 bridgehead atoms. The Morgan fingerprint density at radius 3 is 1.66 bits per heavy atom. The average molecular weight is 855 g/mol. The highest BCUT2D eigenvalue weighted by Crippen LogP contribution is 2.47. The fourth-order valence-corrected chi connectivity index (χ4v) is 7.04. The summed E-state index contributed by atoms with van der Waals surface area (Å²) < 4.78 is 33.4. The molecule has 0 spiro atoms. The lowest BCUT2D eigenvalue weighted by Gasteiger charge is -2.41. The van der Waals surface area contributed by atoms with Gasteiger partial charge in [-0.25, -0.2) is 4.57 Å². The molecule has 7 unspecified atom stereocenters. The second-order valence-corrected chi connectivity index (χ2v) is 16.3. The van der Waals surface area contributed by atoms with Gasteiger partial charge in [-0.3, -0.25) is 18.6 Å². The van der Waals surface area contributed by atoms with Gasteiger partial charge in [0.1, 0.15) is 43.2 Å². The van der Waals surface area contributed by atoms with E-state index in [-0.39, 0.29) is 12.8 Å². The van der Waals surface area contributed by atoms with Gasteiger partial charge < -0.3 is 39.9 Å². The number of hydrogen-bond donors (Lipinski definition) is 6. The number of aliphatic hydroxyl groups is 5. The van der Waals surface area contributed by atoms with E-state index in [1.807, 2.05) is 36.5 Å². The highest BCUT2D eigenvalue weighted by molar-refractivity contribution is 7.47. The zero-order valence-corrected chi connectivity index (χ0v) is 36.4. The van der Waals surface area contributed by atoms with E-state index in [1.165, 1.54) is 38.5 Å². The van der Waals surface area contributed by atoms with Gasteiger partial charge in [-0.1, -0.05) is 138 Å². The molecule has 0 heterocycles. The molecule has 59 heavy (non-hydrogen) atoms. The normalized spacial score (nSPS) is 23.1. The zero-order chi connectivity index (χ0) is 43.6. The first-order valence-corrected chi connectivity index (χ1v) is 23.3.